The van der Waals surface area contributed by atoms with Crippen molar-refractivity contribution in [3.05, 3.63) is 52.1 Å². The van der Waals surface area contributed by atoms with Crippen LogP contribution >= 0.6 is 15.9 Å². The van der Waals surface area contributed by atoms with Gasteiger partial charge in [-0.05, 0) is 52.7 Å². The summed E-state index contributed by atoms with van der Waals surface area (Å²) in [7, 11) is -3.89. The Morgan fingerprint density at radius 2 is 2.05 bits per heavy atom. The Kier molecular flexibility index (Phi) is 4.29. The highest BCUT2D eigenvalue weighted by Crippen LogP contribution is 2.20. The minimum absolute atomic E-state index is 0.0992. The third-order valence-electron chi connectivity index (χ3n) is 2.68. The molecule has 21 heavy (non-hydrogen) atoms. The summed E-state index contributed by atoms with van der Waals surface area (Å²) in [4.78, 5) is 14.7. The average molecular weight is 371 g/mol. The SMILES string of the molecule is Cc1cc(NS(=O)(=O)c2cccc(C(=O)O)c2)ncc1Br. The van der Waals surface area contributed by atoms with E-state index < -0.39 is 16.0 Å². The largest absolute Gasteiger partial charge is 0.478 e. The highest BCUT2D eigenvalue weighted by molar-refractivity contribution is 9.10. The molecule has 2 N–H and O–H groups in total. The van der Waals surface area contributed by atoms with Crippen molar-refractivity contribution in [3.63, 3.8) is 0 Å². The van der Waals surface area contributed by atoms with Crippen molar-refractivity contribution in [2.75, 3.05) is 4.72 Å². The molecule has 110 valence electrons. The second kappa shape index (κ2) is 5.82. The molecule has 0 unspecified atom stereocenters. The van der Waals surface area contributed by atoms with Crippen LogP contribution in [0.1, 0.15) is 15.9 Å². The van der Waals surface area contributed by atoms with Crippen molar-refractivity contribution in [2.45, 2.75) is 11.8 Å². The number of carboxylic acid groups (broad SMARTS) is 1. The molecule has 0 aliphatic carbocycles. The Hall–Kier alpha value is -1.93. The first-order valence-electron chi connectivity index (χ1n) is 5.78. The van der Waals surface area contributed by atoms with Crippen molar-refractivity contribution in [1.82, 2.24) is 4.98 Å². The first-order chi connectivity index (χ1) is 9.79. The van der Waals surface area contributed by atoms with Crippen LogP contribution in [-0.4, -0.2) is 24.5 Å². The predicted molar refractivity (Wildman–Crippen MR) is 80.9 cm³/mol. The van der Waals surface area contributed by atoms with Gasteiger partial charge in [0, 0.05) is 10.7 Å². The number of hydrogen-bond acceptors (Lipinski definition) is 4. The molecule has 0 spiro atoms. The highest BCUT2D eigenvalue weighted by atomic mass is 79.9. The van der Waals surface area contributed by atoms with E-state index in [2.05, 4.69) is 25.6 Å². The molecule has 2 aromatic rings. The smallest absolute Gasteiger partial charge is 0.335 e. The molecule has 0 radical (unpaired) electrons. The zero-order chi connectivity index (χ0) is 15.6. The van der Waals surface area contributed by atoms with Gasteiger partial charge in [-0.15, -0.1) is 0 Å². The van der Waals surface area contributed by atoms with E-state index in [4.69, 9.17) is 5.11 Å². The third-order valence-corrected chi connectivity index (χ3v) is 4.86. The number of rotatable bonds is 4. The summed E-state index contributed by atoms with van der Waals surface area (Å²) in [5, 5.41) is 8.90. The zero-order valence-corrected chi connectivity index (χ0v) is 13.3. The molecule has 0 atom stereocenters. The molecule has 0 saturated heterocycles. The number of benzene rings is 1. The number of hydrogen-bond donors (Lipinski definition) is 2. The lowest BCUT2D eigenvalue weighted by molar-refractivity contribution is 0.0696. The maximum Gasteiger partial charge on any atom is 0.335 e. The van der Waals surface area contributed by atoms with Crippen molar-refractivity contribution >= 4 is 37.7 Å². The van der Waals surface area contributed by atoms with Crippen LogP contribution in [0.5, 0.6) is 0 Å². The maximum absolute atomic E-state index is 12.2. The van der Waals surface area contributed by atoms with E-state index in [9.17, 15) is 13.2 Å². The lowest BCUT2D eigenvalue weighted by atomic mass is 10.2. The van der Waals surface area contributed by atoms with E-state index in [0.29, 0.717) is 0 Å². The zero-order valence-electron chi connectivity index (χ0n) is 10.9. The van der Waals surface area contributed by atoms with Crippen LogP contribution in [0.4, 0.5) is 5.82 Å². The summed E-state index contributed by atoms with van der Waals surface area (Å²) in [6, 6.07) is 6.68. The standard InChI is InChI=1S/C13H11BrN2O4S/c1-8-5-12(15-7-11(8)14)16-21(19,20)10-4-2-3-9(6-10)13(17)18/h2-7H,1H3,(H,15,16)(H,17,18). The van der Waals surface area contributed by atoms with Crippen LogP contribution in [-0.2, 0) is 10.0 Å². The van der Waals surface area contributed by atoms with Gasteiger partial charge in [0.15, 0.2) is 0 Å². The molecule has 1 heterocycles. The van der Waals surface area contributed by atoms with E-state index in [1.54, 1.807) is 13.0 Å². The maximum atomic E-state index is 12.2. The summed E-state index contributed by atoms with van der Waals surface area (Å²) < 4.78 is 27.5. The lowest BCUT2D eigenvalue weighted by Gasteiger charge is -2.09. The number of aromatic nitrogens is 1. The van der Waals surface area contributed by atoms with Gasteiger partial charge in [-0.2, -0.15) is 0 Å². The number of pyridine rings is 1. The fourth-order valence-corrected chi connectivity index (χ4v) is 2.85. The number of carbonyl (C=O) groups is 1. The first-order valence-corrected chi connectivity index (χ1v) is 8.05. The van der Waals surface area contributed by atoms with Gasteiger partial charge in [-0.25, -0.2) is 18.2 Å². The van der Waals surface area contributed by atoms with Gasteiger partial charge in [0.1, 0.15) is 5.82 Å². The van der Waals surface area contributed by atoms with Gasteiger partial charge >= 0.3 is 5.97 Å². The van der Waals surface area contributed by atoms with Gasteiger partial charge in [-0.1, -0.05) is 6.07 Å². The van der Waals surface area contributed by atoms with Crippen LogP contribution in [0.25, 0.3) is 0 Å². The molecule has 0 amide bonds. The predicted octanol–water partition coefficient (Wildman–Crippen LogP) is 2.65. The van der Waals surface area contributed by atoms with E-state index >= 15 is 0 Å². The number of nitrogens with zero attached hydrogens (tertiary/aromatic N) is 1. The van der Waals surface area contributed by atoms with E-state index in [-0.39, 0.29) is 16.3 Å². The Morgan fingerprint density at radius 1 is 1.33 bits per heavy atom. The molecule has 6 nitrogen and oxygen atoms in total. The minimum atomic E-state index is -3.89. The molecule has 0 aliphatic heterocycles. The molecular weight excluding hydrogens is 360 g/mol. The number of aromatic carboxylic acids is 1. The number of carboxylic acids is 1. The van der Waals surface area contributed by atoms with Gasteiger partial charge in [0.2, 0.25) is 0 Å². The van der Waals surface area contributed by atoms with Crippen molar-refractivity contribution in [2.24, 2.45) is 0 Å². The number of anilines is 1. The summed E-state index contributed by atoms with van der Waals surface area (Å²) in [6.45, 7) is 1.80. The van der Waals surface area contributed by atoms with Gasteiger partial charge in [0.05, 0.1) is 10.5 Å². The topological polar surface area (TPSA) is 96.4 Å². The van der Waals surface area contributed by atoms with Crippen LogP contribution < -0.4 is 4.72 Å². The molecule has 2 rings (SSSR count). The molecule has 1 aromatic carbocycles. The van der Waals surface area contributed by atoms with Crippen LogP contribution in [0.15, 0.2) is 45.9 Å². The van der Waals surface area contributed by atoms with E-state index in [0.717, 1.165) is 16.1 Å². The quantitative estimate of drug-likeness (QED) is 0.862. The number of halogens is 1. The van der Waals surface area contributed by atoms with E-state index in [1.165, 1.54) is 24.4 Å². The minimum Gasteiger partial charge on any atom is -0.478 e. The summed E-state index contributed by atoms with van der Waals surface area (Å²) >= 11 is 3.27. The van der Waals surface area contributed by atoms with Crippen molar-refractivity contribution in [3.8, 4) is 0 Å². The summed E-state index contributed by atoms with van der Waals surface area (Å²) in [6.07, 6.45) is 1.49. The molecule has 0 aliphatic rings. The fraction of sp³-hybridized carbons (Fsp3) is 0.0769. The van der Waals surface area contributed by atoms with Crippen molar-refractivity contribution in [1.29, 1.82) is 0 Å². The normalized spacial score (nSPS) is 11.1. The molecular formula is C13H11BrN2O4S. The third kappa shape index (κ3) is 3.59. The van der Waals surface area contributed by atoms with Crippen LogP contribution in [0.3, 0.4) is 0 Å². The molecule has 8 heteroatoms. The van der Waals surface area contributed by atoms with Gasteiger partial charge in [-0.3, -0.25) is 4.72 Å². The number of nitrogens with one attached hydrogen (secondary N) is 1. The number of sulfonamides is 1. The lowest BCUT2D eigenvalue weighted by Crippen LogP contribution is -2.14. The summed E-state index contributed by atoms with van der Waals surface area (Å²) in [5.41, 5.74) is 0.722. The fourth-order valence-electron chi connectivity index (χ4n) is 1.59. The molecule has 1 aromatic heterocycles. The average Bonchev–Trinajstić information content (AvgIpc) is 2.43. The van der Waals surface area contributed by atoms with Crippen molar-refractivity contribution < 1.29 is 18.3 Å². The second-order valence-corrected chi connectivity index (χ2v) is 6.79. The Labute approximate surface area is 130 Å². The Balaban J connectivity index is 2.36. The van der Waals surface area contributed by atoms with Crippen LogP contribution in [0, 0.1) is 6.92 Å². The molecule has 0 fully saturated rings. The summed E-state index contributed by atoms with van der Waals surface area (Å²) in [5.74, 6) is -1.03. The highest BCUT2D eigenvalue weighted by Gasteiger charge is 2.17. The van der Waals surface area contributed by atoms with Gasteiger partial charge < -0.3 is 5.11 Å². The van der Waals surface area contributed by atoms with Gasteiger partial charge in [0.25, 0.3) is 10.0 Å². The van der Waals surface area contributed by atoms with Crippen LogP contribution in [0.2, 0.25) is 0 Å². The Morgan fingerprint density at radius 3 is 2.67 bits per heavy atom. The monoisotopic (exact) mass is 370 g/mol. The molecule has 0 saturated carbocycles. The van der Waals surface area contributed by atoms with E-state index in [1.807, 2.05) is 0 Å². The number of aryl methyl sites for hydroxylation is 1. The Bertz CT molecular complexity index is 806. The second-order valence-electron chi connectivity index (χ2n) is 4.26. The first kappa shape index (κ1) is 15.5. The molecule has 0 bridgehead atoms.